The van der Waals surface area contributed by atoms with Gasteiger partial charge >= 0.3 is 0 Å². The Morgan fingerprint density at radius 1 is 0.276 bits per heavy atom. The second kappa shape index (κ2) is 14.1. The van der Waals surface area contributed by atoms with Crippen molar-refractivity contribution in [3.05, 3.63) is 224 Å². The van der Waals surface area contributed by atoms with E-state index in [-0.39, 0.29) is 0 Å². The summed E-state index contributed by atoms with van der Waals surface area (Å²) in [6.07, 6.45) is 0. The van der Waals surface area contributed by atoms with Crippen molar-refractivity contribution in [3.63, 3.8) is 0 Å². The van der Waals surface area contributed by atoms with Crippen molar-refractivity contribution < 1.29 is 4.42 Å². The third-order valence-electron chi connectivity index (χ3n) is 11.4. The van der Waals surface area contributed by atoms with Gasteiger partial charge in [-0.1, -0.05) is 164 Å². The minimum absolute atomic E-state index is 0.904. The van der Waals surface area contributed by atoms with E-state index in [9.17, 15) is 0 Å². The van der Waals surface area contributed by atoms with Gasteiger partial charge in [-0.05, 0) is 121 Å². The zero-order valence-electron chi connectivity index (χ0n) is 31.7. The predicted molar refractivity (Wildman–Crippen MR) is 245 cm³/mol. The molecule has 0 radical (unpaired) electrons. The molecule has 11 rings (SSSR count). The molecule has 272 valence electrons. The second-order valence-electron chi connectivity index (χ2n) is 15.0. The number of furan rings is 1. The fourth-order valence-electron chi connectivity index (χ4n) is 8.48. The van der Waals surface area contributed by atoms with Crippen LogP contribution >= 0.6 is 0 Å². The number of fused-ring (bicyclic) bond motifs is 5. The van der Waals surface area contributed by atoms with E-state index in [2.05, 4.69) is 217 Å². The van der Waals surface area contributed by atoms with Crippen LogP contribution in [0.3, 0.4) is 0 Å². The summed E-state index contributed by atoms with van der Waals surface area (Å²) in [7, 11) is 0. The highest BCUT2D eigenvalue weighted by Gasteiger charge is 2.17. The molecule has 2 nitrogen and oxygen atoms in total. The number of rotatable bonds is 7. The van der Waals surface area contributed by atoms with Gasteiger partial charge in [-0.25, -0.2) is 0 Å². The van der Waals surface area contributed by atoms with Crippen molar-refractivity contribution in [3.8, 4) is 44.5 Å². The molecule has 0 atom stereocenters. The summed E-state index contributed by atoms with van der Waals surface area (Å²) in [4.78, 5) is 2.37. The van der Waals surface area contributed by atoms with Gasteiger partial charge in [0.15, 0.2) is 0 Å². The maximum atomic E-state index is 6.44. The van der Waals surface area contributed by atoms with Gasteiger partial charge in [-0.2, -0.15) is 0 Å². The highest BCUT2D eigenvalue weighted by Crippen LogP contribution is 2.41. The third-order valence-corrected chi connectivity index (χ3v) is 11.4. The lowest BCUT2D eigenvalue weighted by atomic mass is 9.97. The van der Waals surface area contributed by atoms with Crippen LogP contribution in [-0.4, -0.2) is 0 Å². The molecule has 0 saturated carbocycles. The van der Waals surface area contributed by atoms with Crippen molar-refractivity contribution in [2.45, 2.75) is 0 Å². The topological polar surface area (TPSA) is 16.4 Å². The predicted octanol–water partition coefficient (Wildman–Crippen LogP) is 16.0. The molecular weight excluding hydrogens is 703 g/mol. The minimum atomic E-state index is 0.904. The second-order valence-corrected chi connectivity index (χ2v) is 15.0. The Kier molecular flexibility index (Phi) is 8.19. The lowest BCUT2D eigenvalue weighted by Gasteiger charge is -2.27. The molecule has 0 aliphatic rings. The van der Waals surface area contributed by atoms with Crippen LogP contribution in [0, 0.1) is 0 Å². The molecule has 0 N–H and O–H groups in total. The van der Waals surface area contributed by atoms with Gasteiger partial charge in [-0.15, -0.1) is 0 Å². The third kappa shape index (κ3) is 6.09. The first-order valence-corrected chi connectivity index (χ1v) is 19.8. The maximum Gasteiger partial charge on any atom is 0.143 e. The first-order chi connectivity index (χ1) is 28.7. The van der Waals surface area contributed by atoms with Crippen molar-refractivity contribution in [1.29, 1.82) is 0 Å². The first-order valence-electron chi connectivity index (χ1n) is 19.8. The van der Waals surface area contributed by atoms with Gasteiger partial charge in [0, 0.05) is 33.4 Å². The summed E-state index contributed by atoms with van der Waals surface area (Å²) >= 11 is 0. The number of benzene rings is 10. The van der Waals surface area contributed by atoms with E-state index in [1.54, 1.807) is 0 Å². The van der Waals surface area contributed by atoms with Crippen molar-refractivity contribution >= 4 is 60.5 Å². The van der Waals surface area contributed by atoms with Crippen LogP contribution in [0.25, 0.3) is 88.0 Å². The molecule has 58 heavy (non-hydrogen) atoms. The van der Waals surface area contributed by atoms with Crippen LogP contribution in [0.1, 0.15) is 0 Å². The Hall–Kier alpha value is -7.68. The van der Waals surface area contributed by atoms with Crippen LogP contribution in [0.2, 0.25) is 0 Å². The molecule has 0 unspecified atom stereocenters. The highest BCUT2D eigenvalue weighted by molar-refractivity contribution is 6.09. The lowest BCUT2D eigenvalue weighted by molar-refractivity contribution is 0.670. The molecule has 2 heteroatoms. The number of nitrogens with zero attached hydrogens (tertiary/aromatic N) is 1. The van der Waals surface area contributed by atoms with Gasteiger partial charge in [0.25, 0.3) is 0 Å². The summed E-state index contributed by atoms with van der Waals surface area (Å²) in [5.74, 6) is 0. The van der Waals surface area contributed by atoms with Crippen LogP contribution in [-0.2, 0) is 0 Å². The molecule has 1 aromatic heterocycles. The molecule has 0 saturated heterocycles. The summed E-state index contributed by atoms with van der Waals surface area (Å²) in [5, 5.41) is 7.23. The molecule has 10 aromatic carbocycles. The van der Waals surface area contributed by atoms with Crippen molar-refractivity contribution in [2.24, 2.45) is 0 Å². The van der Waals surface area contributed by atoms with E-state index in [4.69, 9.17) is 4.42 Å². The number of hydrogen-bond acceptors (Lipinski definition) is 2. The fraction of sp³-hybridized carbons (Fsp3) is 0. The highest BCUT2D eigenvalue weighted by atomic mass is 16.3. The maximum absolute atomic E-state index is 6.44. The van der Waals surface area contributed by atoms with Gasteiger partial charge in [0.05, 0.1) is 0 Å². The SMILES string of the molecule is c1cc(-c2cccc(N(c3ccc(-c4cccc5c4oc4ccccc45)cc3)c3cccc(-c4ccc5ccccc5c4)c3)c2)cc(-c2ccc3ccccc3c2)c1. The Morgan fingerprint density at radius 3 is 1.36 bits per heavy atom. The van der Waals surface area contributed by atoms with Gasteiger partial charge in [0.2, 0.25) is 0 Å². The normalized spacial score (nSPS) is 11.4. The molecule has 0 aliphatic carbocycles. The number of hydrogen-bond donors (Lipinski definition) is 0. The van der Waals surface area contributed by atoms with Crippen molar-refractivity contribution in [1.82, 2.24) is 0 Å². The molecule has 0 bridgehead atoms. The molecule has 11 aromatic rings. The molecule has 1 heterocycles. The van der Waals surface area contributed by atoms with E-state index >= 15 is 0 Å². The zero-order valence-corrected chi connectivity index (χ0v) is 31.7. The van der Waals surface area contributed by atoms with Gasteiger partial charge in [0.1, 0.15) is 11.2 Å². The average molecular weight is 740 g/mol. The summed E-state index contributed by atoms with van der Waals surface area (Å²) in [6, 6.07) is 80.8. The van der Waals surface area contributed by atoms with E-state index in [1.165, 1.54) is 49.4 Å². The summed E-state index contributed by atoms with van der Waals surface area (Å²) in [6.45, 7) is 0. The van der Waals surface area contributed by atoms with E-state index < -0.39 is 0 Å². The Labute approximate surface area is 337 Å². The molecule has 0 fully saturated rings. The zero-order chi connectivity index (χ0) is 38.4. The molecular formula is C56H37NO. The average Bonchev–Trinajstić information content (AvgIpc) is 3.68. The van der Waals surface area contributed by atoms with E-state index in [1.807, 2.05) is 12.1 Å². The standard InChI is InChI=1S/C56H37NO/c1-3-13-41-33-47(27-25-38(41)11-1)44-16-7-15-43(35-44)45-17-8-19-50(36-45)57(51-20-9-18-46(37-51)48-28-26-39-12-2-4-14-42(39)34-48)49-31-29-40(30-32-49)52-22-10-23-54-53-21-5-6-24-55(53)58-56(52)54/h1-37H. The van der Waals surface area contributed by atoms with Gasteiger partial charge in [-0.3, -0.25) is 0 Å². The first kappa shape index (κ1) is 33.6. The monoisotopic (exact) mass is 739 g/mol. The number of para-hydroxylation sites is 2. The van der Waals surface area contributed by atoms with E-state index in [0.29, 0.717) is 0 Å². The quantitative estimate of drug-likeness (QED) is 0.162. The number of anilines is 3. The fourth-order valence-corrected chi connectivity index (χ4v) is 8.48. The van der Waals surface area contributed by atoms with Crippen LogP contribution in [0.15, 0.2) is 229 Å². The Morgan fingerprint density at radius 2 is 0.741 bits per heavy atom. The van der Waals surface area contributed by atoms with Crippen LogP contribution < -0.4 is 4.90 Å². The van der Waals surface area contributed by atoms with Crippen molar-refractivity contribution in [2.75, 3.05) is 4.90 Å². The lowest BCUT2D eigenvalue weighted by Crippen LogP contribution is -2.10. The van der Waals surface area contributed by atoms with Crippen LogP contribution in [0.4, 0.5) is 17.1 Å². The minimum Gasteiger partial charge on any atom is -0.455 e. The van der Waals surface area contributed by atoms with Crippen LogP contribution in [0.5, 0.6) is 0 Å². The summed E-state index contributed by atoms with van der Waals surface area (Å²) < 4.78 is 6.44. The molecule has 0 aliphatic heterocycles. The smallest absolute Gasteiger partial charge is 0.143 e. The van der Waals surface area contributed by atoms with Gasteiger partial charge < -0.3 is 9.32 Å². The van der Waals surface area contributed by atoms with E-state index in [0.717, 1.165) is 55.7 Å². The molecule has 0 spiro atoms. The largest absolute Gasteiger partial charge is 0.455 e. The Balaban J connectivity index is 1.01. The molecule has 0 amide bonds. The Bertz CT molecular complexity index is 3300. The summed E-state index contributed by atoms with van der Waals surface area (Å²) in [5.41, 5.74) is 14.3.